The first-order valence-corrected chi connectivity index (χ1v) is 7.58. The van der Waals surface area contributed by atoms with Gasteiger partial charge in [0, 0.05) is 24.1 Å². The van der Waals surface area contributed by atoms with Crippen LogP contribution in [0.2, 0.25) is 0 Å². The minimum Gasteiger partial charge on any atom is -0.504 e. The van der Waals surface area contributed by atoms with E-state index in [1.54, 1.807) is 18.2 Å². The molecule has 0 aromatic heterocycles. The quantitative estimate of drug-likeness (QED) is 0.735. The van der Waals surface area contributed by atoms with Crippen molar-refractivity contribution in [3.8, 4) is 11.5 Å². The van der Waals surface area contributed by atoms with Crippen LogP contribution < -0.4 is 0 Å². The zero-order chi connectivity index (χ0) is 15.4. The summed E-state index contributed by atoms with van der Waals surface area (Å²) in [5, 5.41) is 19.6. The van der Waals surface area contributed by atoms with Crippen LogP contribution in [-0.4, -0.2) is 28.2 Å². The molecule has 0 saturated carbocycles. The molecule has 2 aromatic rings. The van der Waals surface area contributed by atoms with Crippen LogP contribution >= 0.6 is 0 Å². The predicted octanol–water partition coefficient (Wildman–Crippen LogP) is 3.13. The molecule has 2 atom stereocenters. The van der Waals surface area contributed by atoms with Crippen molar-refractivity contribution < 1.29 is 14.6 Å². The first-order valence-electron chi connectivity index (χ1n) is 7.58. The molecule has 0 radical (unpaired) electrons. The number of halogens is 1. The van der Waals surface area contributed by atoms with E-state index in [0.29, 0.717) is 12.6 Å². The summed E-state index contributed by atoms with van der Waals surface area (Å²) in [7, 11) is 2.03. The second-order valence-corrected chi connectivity index (χ2v) is 6.35. The Morgan fingerprint density at radius 2 is 1.91 bits per heavy atom. The Labute approximate surface area is 128 Å². The number of likely N-dealkylation sites (N-methyl/N-ethyl adjacent to an activating group) is 1. The van der Waals surface area contributed by atoms with Gasteiger partial charge in [-0.05, 0) is 54.8 Å². The van der Waals surface area contributed by atoms with Crippen molar-refractivity contribution in [2.45, 2.75) is 31.3 Å². The Kier molecular flexibility index (Phi) is 2.91. The Morgan fingerprint density at radius 3 is 2.73 bits per heavy atom. The molecule has 1 aliphatic carbocycles. The number of rotatable bonds is 0. The van der Waals surface area contributed by atoms with E-state index in [0.717, 1.165) is 35.1 Å². The van der Waals surface area contributed by atoms with Crippen LogP contribution in [0.5, 0.6) is 11.5 Å². The lowest BCUT2D eigenvalue weighted by Gasteiger charge is -2.44. The van der Waals surface area contributed by atoms with Gasteiger partial charge in [0.15, 0.2) is 11.5 Å². The molecule has 3 nitrogen and oxygen atoms in total. The van der Waals surface area contributed by atoms with Crippen LogP contribution in [0.3, 0.4) is 0 Å². The van der Waals surface area contributed by atoms with Gasteiger partial charge in [0.25, 0.3) is 0 Å². The zero-order valence-corrected chi connectivity index (χ0v) is 12.4. The molecule has 2 aromatic carbocycles. The maximum atomic E-state index is 14.2. The van der Waals surface area contributed by atoms with Gasteiger partial charge in [0.05, 0.1) is 0 Å². The molecule has 0 unspecified atom stereocenters. The SMILES string of the molecule is CN1Cc2c(F)cccc2[C@H]2c3cc(O)c(O)cc3CC[C@@H]21. The molecule has 1 heterocycles. The summed E-state index contributed by atoms with van der Waals surface area (Å²) < 4.78 is 14.2. The Bertz CT molecular complexity index is 759. The summed E-state index contributed by atoms with van der Waals surface area (Å²) in [6, 6.07) is 8.84. The van der Waals surface area contributed by atoms with Gasteiger partial charge in [-0.3, -0.25) is 4.90 Å². The molecule has 0 saturated heterocycles. The molecule has 114 valence electrons. The smallest absolute Gasteiger partial charge is 0.157 e. The molecule has 4 rings (SSSR count). The number of hydrogen-bond donors (Lipinski definition) is 2. The highest BCUT2D eigenvalue weighted by atomic mass is 19.1. The van der Waals surface area contributed by atoms with Crippen molar-refractivity contribution in [2.24, 2.45) is 0 Å². The maximum absolute atomic E-state index is 14.2. The van der Waals surface area contributed by atoms with Gasteiger partial charge in [0.2, 0.25) is 0 Å². The molecule has 0 spiro atoms. The van der Waals surface area contributed by atoms with E-state index < -0.39 is 0 Å². The van der Waals surface area contributed by atoms with Gasteiger partial charge in [-0.15, -0.1) is 0 Å². The zero-order valence-electron chi connectivity index (χ0n) is 12.4. The van der Waals surface area contributed by atoms with Crippen molar-refractivity contribution in [3.63, 3.8) is 0 Å². The minimum atomic E-state index is -0.169. The molecule has 22 heavy (non-hydrogen) atoms. The Morgan fingerprint density at radius 1 is 1.14 bits per heavy atom. The summed E-state index contributed by atoms with van der Waals surface area (Å²) >= 11 is 0. The van der Waals surface area contributed by atoms with E-state index in [1.165, 1.54) is 6.07 Å². The van der Waals surface area contributed by atoms with E-state index in [-0.39, 0.29) is 23.2 Å². The highest BCUT2D eigenvalue weighted by Gasteiger charge is 2.39. The second-order valence-electron chi connectivity index (χ2n) is 6.35. The van der Waals surface area contributed by atoms with Crippen molar-refractivity contribution in [1.29, 1.82) is 0 Å². The highest BCUT2D eigenvalue weighted by Crippen LogP contribution is 2.46. The molecule has 1 aliphatic heterocycles. The van der Waals surface area contributed by atoms with Crippen LogP contribution in [0.25, 0.3) is 0 Å². The first-order chi connectivity index (χ1) is 10.6. The average Bonchev–Trinajstić information content (AvgIpc) is 2.49. The van der Waals surface area contributed by atoms with E-state index >= 15 is 0 Å². The molecule has 4 heteroatoms. The van der Waals surface area contributed by atoms with Crippen molar-refractivity contribution in [3.05, 3.63) is 58.4 Å². The fraction of sp³-hybridized carbons (Fsp3) is 0.333. The fourth-order valence-electron chi connectivity index (χ4n) is 4.07. The van der Waals surface area contributed by atoms with Gasteiger partial charge in [-0.1, -0.05) is 12.1 Å². The second kappa shape index (κ2) is 4.71. The number of nitrogens with zero attached hydrogens (tertiary/aromatic N) is 1. The van der Waals surface area contributed by atoms with E-state index in [9.17, 15) is 14.6 Å². The lowest BCUT2D eigenvalue weighted by Crippen LogP contribution is -2.44. The van der Waals surface area contributed by atoms with Gasteiger partial charge in [-0.2, -0.15) is 0 Å². The molecular weight excluding hydrogens is 281 g/mol. The van der Waals surface area contributed by atoms with Crippen LogP contribution in [-0.2, 0) is 13.0 Å². The van der Waals surface area contributed by atoms with Gasteiger partial charge < -0.3 is 10.2 Å². The summed E-state index contributed by atoms with van der Waals surface area (Å²) in [6.45, 7) is 0.614. The number of benzene rings is 2. The largest absolute Gasteiger partial charge is 0.504 e. The minimum absolute atomic E-state index is 0.0414. The third kappa shape index (κ3) is 1.83. The summed E-state index contributed by atoms with van der Waals surface area (Å²) in [5.74, 6) is -0.316. The number of phenolic OH excluding ortho intramolecular Hbond substituents is 2. The molecule has 2 N–H and O–H groups in total. The number of aromatic hydroxyl groups is 2. The molecule has 0 bridgehead atoms. The lowest BCUT2D eigenvalue weighted by atomic mass is 9.71. The van der Waals surface area contributed by atoms with Crippen LogP contribution in [0, 0.1) is 5.82 Å². The summed E-state index contributed by atoms with van der Waals surface area (Å²) in [6.07, 6.45) is 1.83. The molecule has 0 fully saturated rings. The topological polar surface area (TPSA) is 43.7 Å². The van der Waals surface area contributed by atoms with Crippen molar-refractivity contribution in [2.75, 3.05) is 7.05 Å². The fourth-order valence-corrected chi connectivity index (χ4v) is 4.07. The van der Waals surface area contributed by atoms with E-state index in [4.69, 9.17) is 0 Å². The first kappa shape index (κ1) is 13.6. The monoisotopic (exact) mass is 299 g/mol. The van der Waals surface area contributed by atoms with Gasteiger partial charge in [-0.25, -0.2) is 4.39 Å². The normalized spacial score (nSPS) is 23.5. The maximum Gasteiger partial charge on any atom is 0.157 e. The van der Waals surface area contributed by atoms with Crippen LogP contribution in [0.1, 0.15) is 34.6 Å². The number of fused-ring (bicyclic) bond motifs is 5. The Hall–Kier alpha value is -2.07. The number of aryl methyl sites for hydroxylation is 1. The lowest BCUT2D eigenvalue weighted by molar-refractivity contribution is 0.175. The van der Waals surface area contributed by atoms with Crippen LogP contribution in [0.15, 0.2) is 30.3 Å². The third-order valence-corrected chi connectivity index (χ3v) is 5.13. The van der Waals surface area contributed by atoms with Crippen molar-refractivity contribution >= 4 is 0 Å². The average molecular weight is 299 g/mol. The molecule has 0 amide bonds. The number of hydrogen-bond acceptors (Lipinski definition) is 3. The summed E-state index contributed by atoms with van der Waals surface area (Å²) in [5.41, 5.74) is 3.80. The molecule has 2 aliphatic rings. The van der Waals surface area contributed by atoms with E-state index in [1.807, 2.05) is 13.1 Å². The Balaban J connectivity index is 1.95. The van der Waals surface area contributed by atoms with Gasteiger partial charge in [0.1, 0.15) is 5.82 Å². The van der Waals surface area contributed by atoms with E-state index in [2.05, 4.69) is 4.90 Å². The summed E-state index contributed by atoms with van der Waals surface area (Å²) in [4.78, 5) is 2.20. The van der Waals surface area contributed by atoms with Crippen LogP contribution in [0.4, 0.5) is 4.39 Å². The van der Waals surface area contributed by atoms with Gasteiger partial charge >= 0.3 is 0 Å². The molecular formula is C18H18FNO2. The third-order valence-electron chi connectivity index (χ3n) is 5.13. The van der Waals surface area contributed by atoms with Crippen molar-refractivity contribution in [1.82, 2.24) is 4.90 Å². The highest BCUT2D eigenvalue weighted by molar-refractivity contribution is 5.53. The predicted molar refractivity (Wildman–Crippen MR) is 81.6 cm³/mol. The number of phenols is 2. The standard InChI is InChI=1S/C18H18FNO2/c1-20-9-13-11(3-2-4-14(13)19)18-12-8-17(22)16(21)7-10(12)5-6-15(18)20/h2-4,7-8,15,18,21-22H,5-6,9H2,1H3/t15-,18-/m0/s1.